The molecule has 2 aromatic carbocycles. The van der Waals surface area contributed by atoms with E-state index in [0.717, 1.165) is 47.3 Å². The monoisotopic (exact) mass is 511 g/mol. The predicted octanol–water partition coefficient (Wildman–Crippen LogP) is 3.34. The van der Waals surface area contributed by atoms with Crippen molar-refractivity contribution >= 4 is 39.1 Å². The van der Waals surface area contributed by atoms with Crippen molar-refractivity contribution in [3.63, 3.8) is 0 Å². The molecule has 0 saturated carbocycles. The highest BCUT2D eigenvalue weighted by Crippen LogP contribution is 2.31. The van der Waals surface area contributed by atoms with Crippen LogP contribution in [0.1, 0.15) is 16.0 Å². The lowest BCUT2D eigenvalue weighted by molar-refractivity contribution is -0.895. The molecule has 3 heterocycles. The number of nitrogens with one attached hydrogen (secondary N) is 2. The van der Waals surface area contributed by atoms with Crippen molar-refractivity contribution in [1.82, 2.24) is 9.55 Å². The number of likely N-dealkylation sites (N-methyl/N-ethyl adjacent to an activating group) is 1. The van der Waals surface area contributed by atoms with Crippen molar-refractivity contribution in [3.05, 3.63) is 73.8 Å². The topological polar surface area (TPSA) is 69.8 Å². The van der Waals surface area contributed by atoms with E-state index in [2.05, 4.69) is 12.4 Å². The summed E-state index contributed by atoms with van der Waals surface area (Å²) in [5, 5.41) is 4.72. The highest BCUT2D eigenvalue weighted by atomic mass is 35.5. The van der Waals surface area contributed by atoms with Gasteiger partial charge in [0.1, 0.15) is 11.4 Å². The summed E-state index contributed by atoms with van der Waals surface area (Å²) >= 11 is 7.92. The second-order valence-electron chi connectivity index (χ2n) is 8.74. The molecule has 1 aliphatic heterocycles. The number of halogens is 1. The van der Waals surface area contributed by atoms with Gasteiger partial charge in [0.2, 0.25) is 5.95 Å². The Morgan fingerprint density at radius 2 is 2.00 bits per heavy atom. The van der Waals surface area contributed by atoms with Crippen molar-refractivity contribution in [2.45, 2.75) is 19.4 Å². The number of hydrogen-bond acceptors (Lipinski definition) is 6. The third-order valence-electron chi connectivity index (χ3n) is 6.38. The van der Waals surface area contributed by atoms with Gasteiger partial charge < -0.3 is 19.7 Å². The van der Waals surface area contributed by atoms with E-state index in [4.69, 9.17) is 26.1 Å². The normalized spacial score (nSPS) is 15.1. The Balaban J connectivity index is 1.52. The number of rotatable bonds is 7. The van der Waals surface area contributed by atoms with Crippen molar-refractivity contribution < 1.29 is 14.4 Å². The maximum absolute atomic E-state index is 13.9. The van der Waals surface area contributed by atoms with Gasteiger partial charge in [-0.2, -0.15) is 0 Å². The Kier molecular flexibility index (Phi) is 6.69. The van der Waals surface area contributed by atoms with Crippen LogP contribution < -0.4 is 25.2 Å². The molecule has 0 spiro atoms. The summed E-state index contributed by atoms with van der Waals surface area (Å²) in [6, 6.07) is 13.2. The van der Waals surface area contributed by atoms with Crippen molar-refractivity contribution in [3.8, 4) is 17.2 Å². The van der Waals surface area contributed by atoms with E-state index in [1.54, 1.807) is 42.3 Å². The quantitative estimate of drug-likeness (QED) is 0.398. The molecule has 0 fully saturated rings. The second-order valence-corrected chi connectivity index (χ2v) is 10.3. The maximum atomic E-state index is 13.9. The van der Waals surface area contributed by atoms with Gasteiger partial charge in [-0.3, -0.25) is 4.79 Å². The standard InChI is InChI=1S/C26H27ClN4O3S/c1-30-12-10-19-22(15-30)35-24-23(19)25(32)31(18-6-4-5-17(27)14-18)26(29-24)28-11-9-16-7-8-20(33-2)21(13-16)34-3/h4-8,13-14H,9-12,15H2,1-3H3,(H,28,29)/p+1. The van der Waals surface area contributed by atoms with Gasteiger partial charge in [-0.05, 0) is 47.9 Å². The molecule has 1 atom stereocenters. The van der Waals surface area contributed by atoms with E-state index in [9.17, 15) is 4.79 Å². The Bertz CT molecular complexity index is 1450. The molecular weight excluding hydrogens is 484 g/mol. The molecule has 35 heavy (non-hydrogen) atoms. The zero-order valence-electron chi connectivity index (χ0n) is 20.0. The fraction of sp³-hybridized carbons (Fsp3) is 0.308. The molecule has 0 aliphatic carbocycles. The first-order valence-corrected chi connectivity index (χ1v) is 12.8. The SMILES string of the molecule is COc1ccc(CCNc2nc3sc4c(c3c(=O)n2-c2cccc(Cl)c2)CC[NH+](C)C4)cc1OC. The van der Waals surface area contributed by atoms with Gasteiger partial charge in [0.05, 0.1) is 43.8 Å². The van der Waals surface area contributed by atoms with E-state index < -0.39 is 0 Å². The lowest BCUT2D eigenvalue weighted by Crippen LogP contribution is -3.08. The van der Waals surface area contributed by atoms with E-state index in [1.165, 1.54) is 9.78 Å². The minimum absolute atomic E-state index is 0.0528. The largest absolute Gasteiger partial charge is 0.493 e. The molecule has 4 aromatic rings. The number of thiophene rings is 1. The van der Waals surface area contributed by atoms with Gasteiger partial charge in [-0.1, -0.05) is 23.7 Å². The number of anilines is 1. The lowest BCUT2D eigenvalue weighted by Gasteiger charge is -2.19. The van der Waals surface area contributed by atoms with Gasteiger partial charge in [0, 0.05) is 18.0 Å². The molecule has 0 saturated heterocycles. The van der Waals surface area contributed by atoms with Crippen LogP contribution in [-0.2, 0) is 19.4 Å². The van der Waals surface area contributed by atoms with Crippen LogP contribution in [0.5, 0.6) is 11.5 Å². The lowest BCUT2D eigenvalue weighted by atomic mass is 10.1. The van der Waals surface area contributed by atoms with Crippen LogP contribution in [0.4, 0.5) is 5.95 Å². The number of hydrogen-bond donors (Lipinski definition) is 2. The van der Waals surface area contributed by atoms with E-state index in [-0.39, 0.29) is 5.56 Å². The number of benzene rings is 2. The summed E-state index contributed by atoms with van der Waals surface area (Å²) in [5.41, 5.74) is 2.89. The Morgan fingerprint density at radius 1 is 1.17 bits per heavy atom. The Labute approximate surface area is 212 Å². The molecule has 2 aromatic heterocycles. The predicted molar refractivity (Wildman–Crippen MR) is 141 cm³/mol. The molecule has 1 unspecified atom stereocenters. The molecule has 9 heteroatoms. The van der Waals surface area contributed by atoms with Crippen LogP contribution in [0.2, 0.25) is 5.02 Å². The minimum Gasteiger partial charge on any atom is -0.493 e. The number of methoxy groups -OCH3 is 2. The first-order chi connectivity index (χ1) is 17.0. The fourth-order valence-corrected chi connectivity index (χ4v) is 6.10. The third kappa shape index (κ3) is 4.61. The van der Waals surface area contributed by atoms with Crippen LogP contribution in [0.3, 0.4) is 0 Å². The summed E-state index contributed by atoms with van der Waals surface area (Å²) < 4.78 is 12.4. The van der Waals surface area contributed by atoms with Gasteiger partial charge in [-0.15, -0.1) is 11.3 Å². The zero-order chi connectivity index (χ0) is 24.5. The number of nitrogens with zero attached hydrogens (tertiary/aromatic N) is 2. The summed E-state index contributed by atoms with van der Waals surface area (Å²) in [5.74, 6) is 1.90. The molecule has 0 amide bonds. The molecular formula is C26H28ClN4O3S+. The summed E-state index contributed by atoms with van der Waals surface area (Å²) in [6.45, 7) is 2.53. The Morgan fingerprint density at radius 3 is 2.77 bits per heavy atom. The summed E-state index contributed by atoms with van der Waals surface area (Å²) in [4.78, 5) is 22.3. The van der Waals surface area contributed by atoms with Crippen LogP contribution in [-0.4, -0.2) is 43.9 Å². The van der Waals surface area contributed by atoms with Crippen LogP contribution in [0, 0.1) is 0 Å². The van der Waals surface area contributed by atoms with E-state index >= 15 is 0 Å². The molecule has 0 radical (unpaired) electrons. The van der Waals surface area contributed by atoms with Gasteiger partial charge in [-0.25, -0.2) is 9.55 Å². The summed E-state index contributed by atoms with van der Waals surface area (Å²) in [6.07, 6.45) is 1.61. The van der Waals surface area contributed by atoms with Gasteiger partial charge in [0.25, 0.3) is 5.56 Å². The van der Waals surface area contributed by atoms with Crippen LogP contribution in [0.15, 0.2) is 47.3 Å². The highest BCUT2D eigenvalue weighted by Gasteiger charge is 2.26. The second kappa shape index (κ2) is 9.89. The molecule has 5 rings (SSSR count). The number of fused-ring (bicyclic) bond motifs is 3. The van der Waals surface area contributed by atoms with Crippen molar-refractivity contribution in [1.29, 1.82) is 0 Å². The maximum Gasteiger partial charge on any atom is 0.268 e. The molecule has 2 N–H and O–H groups in total. The average molecular weight is 512 g/mol. The van der Waals surface area contributed by atoms with E-state index in [1.807, 2.05) is 30.3 Å². The number of quaternary nitrogens is 1. The molecule has 182 valence electrons. The zero-order valence-corrected chi connectivity index (χ0v) is 21.6. The molecule has 0 bridgehead atoms. The first kappa shape index (κ1) is 23.7. The van der Waals surface area contributed by atoms with E-state index in [0.29, 0.717) is 34.7 Å². The molecule has 1 aliphatic rings. The summed E-state index contributed by atoms with van der Waals surface area (Å²) in [7, 11) is 5.44. The van der Waals surface area contributed by atoms with Crippen molar-refractivity contribution in [2.24, 2.45) is 0 Å². The van der Waals surface area contributed by atoms with Gasteiger partial charge in [0.15, 0.2) is 11.5 Å². The Hall–Kier alpha value is -3.07. The average Bonchev–Trinajstić information content (AvgIpc) is 3.21. The molecule has 7 nitrogen and oxygen atoms in total. The fourth-order valence-electron chi connectivity index (χ4n) is 4.59. The number of aromatic nitrogens is 2. The smallest absolute Gasteiger partial charge is 0.268 e. The number of ether oxygens (including phenoxy) is 2. The van der Waals surface area contributed by atoms with Gasteiger partial charge >= 0.3 is 0 Å². The highest BCUT2D eigenvalue weighted by molar-refractivity contribution is 7.18. The first-order valence-electron chi connectivity index (χ1n) is 11.6. The van der Waals surface area contributed by atoms with Crippen molar-refractivity contribution in [2.75, 3.05) is 39.7 Å². The third-order valence-corrected chi connectivity index (χ3v) is 7.74. The minimum atomic E-state index is -0.0528. The van der Waals surface area contributed by atoms with Crippen LogP contribution in [0.25, 0.3) is 15.9 Å². The van der Waals surface area contributed by atoms with Crippen LogP contribution >= 0.6 is 22.9 Å².